The van der Waals surface area contributed by atoms with E-state index < -0.39 is 0 Å². The van der Waals surface area contributed by atoms with E-state index in [0.29, 0.717) is 40.9 Å². The number of aliphatic hydroxyl groups is 1. The molecule has 10 nitrogen and oxygen atoms in total. The van der Waals surface area contributed by atoms with Crippen molar-refractivity contribution in [1.29, 1.82) is 5.26 Å². The molecule has 4 aromatic rings. The molecule has 2 saturated heterocycles. The van der Waals surface area contributed by atoms with Crippen molar-refractivity contribution < 1.29 is 14.3 Å². The number of nitriles is 1. The molecule has 0 saturated carbocycles. The van der Waals surface area contributed by atoms with Crippen molar-refractivity contribution in [3.63, 3.8) is 0 Å². The highest BCUT2D eigenvalue weighted by Gasteiger charge is 2.33. The Kier molecular flexibility index (Phi) is 7.04. The Balaban J connectivity index is 1.18. The summed E-state index contributed by atoms with van der Waals surface area (Å²) >= 11 is 1.32. The molecule has 0 atom stereocenters. The SMILES string of the molecule is CCc1nn2c3c(c(N4CCN(CC(=O)N5CC(O)C5)CC4)cc2c1N(C)c1nc(-c2ccc(F)cc2)c(C#N)s1)CC3. The van der Waals surface area contributed by atoms with Crippen LogP contribution in [0.4, 0.5) is 20.9 Å². The molecular formula is C31H33FN8O2S. The number of benzene rings is 1. The molecule has 0 radical (unpaired) electrons. The number of aromatic nitrogens is 3. The largest absolute Gasteiger partial charge is 0.389 e. The van der Waals surface area contributed by atoms with E-state index in [1.54, 1.807) is 17.0 Å². The Morgan fingerprint density at radius 1 is 1.19 bits per heavy atom. The van der Waals surface area contributed by atoms with Gasteiger partial charge in [0, 0.05) is 63.3 Å². The number of β-amino-alcohol motifs (C(OH)–C–C–N with tert-alkyl or cyclic N) is 1. The van der Waals surface area contributed by atoms with E-state index in [1.165, 1.54) is 40.4 Å². The van der Waals surface area contributed by atoms with Gasteiger partial charge in [0.05, 0.1) is 29.5 Å². The number of aryl methyl sites for hydroxylation is 2. The maximum Gasteiger partial charge on any atom is 0.236 e. The van der Waals surface area contributed by atoms with Gasteiger partial charge in [0.15, 0.2) is 5.13 Å². The standard InChI is InChI=1S/C31H33FN8O2S/c1-3-23-30(36(2)31-34-29(27(15-33)43-31)19-4-6-20(32)7-5-19)26-14-25(22-8-9-24(22)40(26)35-23)38-12-10-37(11-13-38)18-28(42)39-16-21(41)17-39/h4-7,14,21,41H,3,8-13,16-18H2,1-2H3. The van der Waals surface area contributed by atoms with Crippen molar-refractivity contribution in [2.75, 3.05) is 62.7 Å². The zero-order valence-corrected chi connectivity index (χ0v) is 25.1. The van der Waals surface area contributed by atoms with Crippen molar-refractivity contribution in [2.45, 2.75) is 32.3 Å². The van der Waals surface area contributed by atoms with Crippen LogP contribution in [0.3, 0.4) is 0 Å². The Bertz CT molecular complexity index is 1750. The number of nitrogens with zero attached hydrogens (tertiary/aromatic N) is 8. The highest BCUT2D eigenvalue weighted by molar-refractivity contribution is 7.16. The monoisotopic (exact) mass is 600 g/mol. The number of hydrogen-bond donors (Lipinski definition) is 1. The Labute approximate surface area is 253 Å². The van der Waals surface area contributed by atoms with Crippen LogP contribution in [0.25, 0.3) is 16.8 Å². The van der Waals surface area contributed by atoms with Crippen LogP contribution in [0.1, 0.15) is 28.8 Å². The average molecular weight is 601 g/mol. The molecular weight excluding hydrogens is 567 g/mol. The summed E-state index contributed by atoms with van der Waals surface area (Å²) in [5.74, 6) is -0.240. The van der Waals surface area contributed by atoms with Gasteiger partial charge in [-0.15, -0.1) is 0 Å². The lowest BCUT2D eigenvalue weighted by molar-refractivity contribution is -0.142. The summed E-state index contributed by atoms with van der Waals surface area (Å²) in [5.41, 5.74) is 8.01. The molecule has 0 bridgehead atoms. The lowest BCUT2D eigenvalue weighted by atomic mass is 9.91. The number of pyridine rings is 1. The van der Waals surface area contributed by atoms with Crippen LogP contribution in [0.5, 0.6) is 0 Å². The van der Waals surface area contributed by atoms with E-state index in [4.69, 9.17) is 10.1 Å². The van der Waals surface area contributed by atoms with E-state index in [1.807, 2.05) is 11.9 Å². The molecule has 222 valence electrons. The van der Waals surface area contributed by atoms with Gasteiger partial charge in [0.1, 0.15) is 22.5 Å². The lowest BCUT2D eigenvalue weighted by Gasteiger charge is -2.41. The number of carbonyl (C=O) groups is 1. The molecule has 12 heteroatoms. The summed E-state index contributed by atoms with van der Waals surface area (Å²) in [6.45, 7) is 6.65. The summed E-state index contributed by atoms with van der Waals surface area (Å²) in [6, 6.07) is 10.6. The number of amides is 1. The first kappa shape index (κ1) is 27.8. The molecule has 1 aromatic carbocycles. The normalized spacial score (nSPS) is 17.0. The Hall–Kier alpha value is -4.05. The fourth-order valence-electron chi connectivity index (χ4n) is 6.30. The molecule has 0 unspecified atom stereocenters. The molecule has 1 N–H and O–H groups in total. The maximum atomic E-state index is 13.6. The first-order valence-electron chi connectivity index (χ1n) is 14.7. The van der Waals surface area contributed by atoms with Gasteiger partial charge >= 0.3 is 0 Å². The minimum atomic E-state index is -0.379. The number of hydrogen-bond acceptors (Lipinski definition) is 9. The van der Waals surface area contributed by atoms with Crippen LogP contribution in [0.15, 0.2) is 30.3 Å². The molecule has 2 aliphatic heterocycles. The van der Waals surface area contributed by atoms with Crippen molar-refractivity contribution in [3.8, 4) is 17.3 Å². The van der Waals surface area contributed by atoms with Crippen molar-refractivity contribution in [1.82, 2.24) is 24.4 Å². The third kappa shape index (κ3) is 4.81. The zero-order valence-electron chi connectivity index (χ0n) is 24.3. The molecule has 0 spiro atoms. The third-order valence-electron chi connectivity index (χ3n) is 8.84. The summed E-state index contributed by atoms with van der Waals surface area (Å²) < 4.78 is 15.7. The number of carbonyl (C=O) groups excluding carboxylic acids is 1. The predicted octanol–water partition coefficient (Wildman–Crippen LogP) is 3.22. The highest BCUT2D eigenvalue weighted by atomic mass is 32.1. The van der Waals surface area contributed by atoms with Gasteiger partial charge in [-0.3, -0.25) is 9.69 Å². The van der Waals surface area contributed by atoms with E-state index >= 15 is 0 Å². The Morgan fingerprint density at radius 2 is 1.93 bits per heavy atom. The van der Waals surface area contributed by atoms with Crippen LogP contribution in [0, 0.1) is 17.1 Å². The molecule has 3 aromatic heterocycles. The van der Waals surface area contributed by atoms with E-state index in [9.17, 15) is 19.6 Å². The molecule has 2 fully saturated rings. The fourth-order valence-corrected chi connectivity index (χ4v) is 7.16. The van der Waals surface area contributed by atoms with Crippen LogP contribution in [-0.2, 0) is 24.1 Å². The molecule has 7 rings (SSSR count). The fraction of sp³-hybridized carbons (Fsp3) is 0.419. The second-order valence-electron chi connectivity index (χ2n) is 11.5. The minimum absolute atomic E-state index is 0.0904. The highest BCUT2D eigenvalue weighted by Crippen LogP contribution is 2.42. The number of fused-ring (bicyclic) bond motifs is 3. The lowest BCUT2D eigenvalue weighted by Crippen LogP contribution is -2.57. The smallest absolute Gasteiger partial charge is 0.236 e. The van der Waals surface area contributed by atoms with Gasteiger partial charge < -0.3 is 19.8 Å². The van der Waals surface area contributed by atoms with Crippen LogP contribution in [-0.4, -0.2) is 94.4 Å². The third-order valence-corrected chi connectivity index (χ3v) is 9.88. The summed E-state index contributed by atoms with van der Waals surface area (Å²) in [4.78, 5) is 26.3. The number of anilines is 3. The number of halogens is 1. The van der Waals surface area contributed by atoms with Crippen LogP contribution >= 0.6 is 11.3 Å². The van der Waals surface area contributed by atoms with Gasteiger partial charge in [-0.05, 0) is 55.2 Å². The topological polar surface area (TPSA) is 104 Å². The first-order chi connectivity index (χ1) is 20.8. The summed E-state index contributed by atoms with van der Waals surface area (Å²) in [5, 5.41) is 25.1. The van der Waals surface area contributed by atoms with E-state index in [0.717, 1.165) is 62.3 Å². The molecule has 1 amide bonds. The quantitative estimate of drug-likeness (QED) is 0.345. The van der Waals surface area contributed by atoms with Crippen LogP contribution < -0.4 is 9.80 Å². The average Bonchev–Trinajstić information content (AvgIpc) is 3.57. The van der Waals surface area contributed by atoms with E-state index in [-0.39, 0.29) is 17.8 Å². The van der Waals surface area contributed by atoms with Gasteiger partial charge in [-0.2, -0.15) is 10.4 Å². The van der Waals surface area contributed by atoms with Crippen molar-refractivity contribution in [2.24, 2.45) is 0 Å². The summed E-state index contributed by atoms with van der Waals surface area (Å²) in [6.07, 6.45) is 2.35. The number of thiazole rings is 1. The van der Waals surface area contributed by atoms with Crippen LogP contribution in [0.2, 0.25) is 0 Å². The van der Waals surface area contributed by atoms with Gasteiger partial charge in [-0.25, -0.2) is 13.9 Å². The van der Waals surface area contributed by atoms with E-state index in [2.05, 4.69) is 33.4 Å². The van der Waals surface area contributed by atoms with Crippen molar-refractivity contribution >= 4 is 39.3 Å². The molecule has 1 aliphatic carbocycles. The predicted molar refractivity (Wildman–Crippen MR) is 164 cm³/mol. The second kappa shape index (κ2) is 10.9. The van der Waals surface area contributed by atoms with Gasteiger partial charge in [0.25, 0.3) is 0 Å². The Morgan fingerprint density at radius 3 is 2.56 bits per heavy atom. The first-order valence-corrected chi connectivity index (χ1v) is 15.6. The maximum absolute atomic E-state index is 13.6. The van der Waals surface area contributed by atoms with Crippen molar-refractivity contribution in [3.05, 3.63) is 58.0 Å². The minimum Gasteiger partial charge on any atom is -0.389 e. The molecule has 5 heterocycles. The van der Waals surface area contributed by atoms with Gasteiger partial charge in [0.2, 0.25) is 5.91 Å². The molecule has 43 heavy (non-hydrogen) atoms. The number of rotatable bonds is 7. The second-order valence-corrected chi connectivity index (χ2v) is 12.4. The summed E-state index contributed by atoms with van der Waals surface area (Å²) in [7, 11) is 1.97. The zero-order chi connectivity index (χ0) is 29.8. The molecule has 3 aliphatic rings. The number of piperazine rings is 1. The number of aliphatic hydroxyl groups excluding tert-OH is 1. The van der Waals surface area contributed by atoms with Gasteiger partial charge in [-0.1, -0.05) is 18.3 Å². The number of likely N-dealkylation sites (tertiary alicyclic amines) is 1.